The van der Waals surface area contributed by atoms with Crippen molar-refractivity contribution in [3.8, 4) is 0 Å². The molecule has 6 heteroatoms. The van der Waals surface area contributed by atoms with E-state index < -0.39 is 17.9 Å². The van der Waals surface area contributed by atoms with Gasteiger partial charge in [-0.15, -0.1) is 0 Å². The molecule has 0 fully saturated rings. The van der Waals surface area contributed by atoms with Crippen LogP contribution in [0.1, 0.15) is 35.7 Å². The van der Waals surface area contributed by atoms with Crippen molar-refractivity contribution in [1.29, 1.82) is 0 Å². The quantitative estimate of drug-likeness (QED) is 0.734. The lowest BCUT2D eigenvalue weighted by molar-refractivity contribution is -0.129. The van der Waals surface area contributed by atoms with E-state index in [0.717, 1.165) is 11.6 Å². The molecule has 0 saturated carbocycles. The van der Waals surface area contributed by atoms with Crippen molar-refractivity contribution in [2.24, 2.45) is 0 Å². The molecule has 0 spiro atoms. The lowest BCUT2D eigenvalue weighted by Gasteiger charge is -2.17. The van der Waals surface area contributed by atoms with Gasteiger partial charge in [0.05, 0.1) is 5.56 Å². The Labute approximate surface area is 154 Å². The summed E-state index contributed by atoms with van der Waals surface area (Å²) in [5.41, 5.74) is 1.28. The highest BCUT2D eigenvalue weighted by molar-refractivity contribution is 9.10. The zero-order valence-electron chi connectivity index (χ0n) is 14.0. The first-order valence-corrected chi connectivity index (χ1v) is 8.66. The van der Waals surface area contributed by atoms with Gasteiger partial charge in [-0.25, -0.2) is 9.18 Å². The Kier molecular flexibility index (Phi) is 6.70. The highest BCUT2D eigenvalue weighted by Crippen LogP contribution is 2.19. The molecule has 1 N–H and O–H groups in total. The van der Waals surface area contributed by atoms with E-state index in [2.05, 4.69) is 21.2 Å². The summed E-state index contributed by atoms with van der Waals surface area (Å²) in [7, 11) is 0. The van der Waals surface area contributed by atoms with Crippen molar-refractivity contribution < 1.29 is 18.7 Å². The molecule has 4 nitrogen and oxygen atoms in total. The fraction of sp³-hybridized carbons (Fsp3) is 0.263. The number of ether oxygens (including phenoxy) is 1. The minimum atomic E-state index is -0.951. The van der Waals surface area contributed by atoms with Crippen LogP contribution in [0.2, 0.25) is 0 Å². The zero-order valence-corrected chi connectivity index (χ0v) is 15.5. The average molecular weight is 408 g/mol. The molecule has 25 heavy (non-hydrogen) atoms. The molecular weight excluding hydrogens is 389 g/mol. The Morgan fingerprint density at radius 1 is 1.16 bits per heavy atom. The summed E-state index contributed by atoms with van der Waals surface area (Å²) < 4.78 is 18.5. The highest BCUT2D eigenvalue weighted by Gasteiger charge is 2.21. The summed E-state index contributed by atoms with van der Waals surface area (Å²) in [6, 6.07) is 13.4. The van der Waals surface area contributed by atoms with Crippen LogP contribution >= 0.6 is 15.9 Å². The Balaban J connectivity index is 1.88. The first-order chi connectivity index (χ1) is 11.9. The predicted molar refractivity (Wildman–Crippen MR) is 96.8 cm³/mol. The maximum Gasteiger partial charge on any atom is 0.340 e. The minimum absolute atomic E-state index is 0.138. The molecule has 0 aromatic heterocycles. The number of carbonyl (C=O) groups is 2. The standard InChI is InChI=1S/C19H19BrFNO3/c1-12(14-6-4-3-5-7-14)11-22-18(23)13(2)25-19(24)16-9-8-15(21)10-17(16)20/h3-10,12-13H,11H2,1-2H3,(H,22,23)/t12-,13-/m0/s1. The van der Waals surface area contributed by atoms with E-state index >= 15 is 0 Å². The molecule has 2 atom stereocenters. The van der Waals surface area contributed by atoms with Crippen LogP contribution in [-0.2, 0) is 9.53 Å². The third-order valence-electron chi connectivity index (χ3n) is 3.76. The van der Waals surface area contributed by atoms with Crippen molar-refractivity contribution in [3.05, 3.63) is 69.9 Å². The summed E-state index contributed by atoms with van der Waals surface area (Å²) in [5.74, 6) is -1.40. The van der Waals surface area contributed by atoms with Crippen LogP contribution in [0.25, 0.3) is 0 Å². The van der Waals surface area contributed by atoms with E-state index in [9.17, 15) is 14.0 Å². The maximum atomic E-state index is 13.1. The van der Waals surface area contributed by atoms with Gasteiger partial charge in [-0.2, -0.15) is 0 Å². The van der Waals surface area contributed by atoms with Crippen LogP contribution < -0.4 is 5.32 Å². The number of nitrogens with one attached hydrogen (secondary N) is 1. The lowest BCUT2D eigenvalue weighted by atomic mass is 10.0. The molecule has 2 rings (SSSR count). The molecule has 0 unspecified atom stereocenters. The number of carbonyl (C=O) groups excluding carboxylic acids is 2. The second-order valence-electron chi connectivity index (χ2n) is 5.73. The summed E-state index contributed by atoms with van der Waals surface area (Å²) in [5, 5.41) is 2.77. The van der Waals surface area contributed by atoms with Crippen molar-refractivity contribution in [3.63, 3.8) is 0 Å². The van der Waals surface area contributed by atoms with Gasteiger partial charge in [0.25, 0.3) is 5.91 Å². The largest absolute Gasteiger partial charge is 0.449 e. The molecule has 0 aliphatic rings. The second-order valence-corrected chi connectivity index (χ2v) is 6.58. The average Bonchev–Trinajstić information content (AvgIpc) is 2.59. The number of amides is 1. The van der Waals surface area contributed by atoms with Crippen LogP contribution in [0.15, 0.2) is 53.0 Å². The van der Waals surface area contributed by atoms with E-state index in [1.165, 1.54) is 19.1 Å². The zero-order chi connectivity index (χ0) is 18.4. The fourth-order valence-corrected chi connectivity index (χ4v) is 2.74. The Morgan fingerprint density at radius 3 is 2.48 bits per heavy atom. The minimum Gasteiger partial charge on any atom is -0.449 e. The van der Waals surface area contributed by atoms with Gasteiger partial charge in [0.2, 0.25) is 0 Å². The molecule has 0 aliphatic heterocycles. The topological polar surface area (TPSA) is 55.4 Å². The van der Waals surface area contributed by atoms with Crippen molar-refractivity contribution in [1.82, 2.24) is 5.32 Å². The summed E-state index contributed by atoms with van der Waals surface area (Å²) in [4.78, 5) is 24.2. The van der Waals surface area contributed by atoms with E-state index in [1.807, 2.05) is 37.3 Å². The molecular formula is C19H19BrFNO3. The second kappa shape index (κ2) is 8.76. The smallest absolute Gasteiger partial charge is 0.340 e. The van der Waals surface area contributed by atoms with Crippen LogP contribution in [0.5, 0.6) is 0 Å². The van der Waals surface area contributed by atoms with Gasteiger partial charge in [-0.3, -0.25) is 4.79 Å². The Hall–Kier alpha value is -2.21. The summed E-state index contributed by atoms with van der Waals surface area (Å²) in [6.07, 6.45) is -0.951. The van der Waals surface area contributed by atoms with E-state index in [1.54, 1.807) is 0 Å². The van der Waals surface area contributed by atoms with Gasteiger partial charge >= 0.3 is 5.97 Å². The SMILES string of the molecule is C[C@H](OC(=O)c1ccc(F)cc1Br)C(=O)NC[C@H](C)c1ccccc1. The Bertz CT molecular complexity index is 752. The monoisotopic (exact) mass is 407 g/mol. The van der Waals surface area contributed by atoms with E-state index in [4.69, 9.17) is 4.74 Å². The van der Waals surface area contributed by atoms with Crippen LogP contribution in [0, 0.1) is 5.82 Å². The van der Waals surface area contributed by atoms with Crippen LogP contribution in [0.3, 0.4) is 0 Å². The predicted octanol–water partition coefficient (Wildman–Crippen LogP) is 4.05. The number of rotatable bonds is 6. The number of halogens is 2. The summed E-state index contributed by atoms with van der Waals surface area (Å²) in [6.45, 7) is 3.94. The Morgan fingerprint density at radius 2 is 1.84 bits per heavy atom. The number of esters is 1. The number of hydrogen-bond acceptors (Lipinski definition) is 3. The molecule has 2 aromatic carbocycles. The first-order valence-electron chi connectivity index (χ1n) is 7.87. The first kappa shape index (κ1) is 19.1. The van der Waals surface area contributed by atoms with Crippen LogP contribution in [0.4, 0.5) is 4.39 Å². The molecule has 132 valence electrons. The van der Waals surface area contributed by atoms with Gasteiger partial charge < -0.3 is 10.1 Å². The summed E-state index contributed by atoms with van der Waals surface area (Å²) >= 11 is 3.11. The third-order valence-corrected chi connectivity index (χ3v) is 4.41. The third kappa shape index (κ3) is 5.39. The normalized spacial score (nSPS) is 13.0. The maximum absolute atomic E-state index is 13.1. The number of hydrogen-bond donors (Lipinski definition) is 1. The van der Waals surface area contributed by atoms with E-state index in [0.29, 0.717) is 6.54 Å². The van der Waals surface area contributed by atoms with E-state index in [-0.39, 0.29) is 21.9 Å². The van der Waals surface area contributed by atoms with Crippen LogP contribution in [-0.4, -0.2) is 24.5 Å². The van der Waals surface area contributed by atoms with Crippen molar-refractivity contribution in [2.45, 2.75) is 25.9 Å². The molecule has 2 aromatic rings. The van der Waals surface area contributed by atoms with Gasteiger partial charge in [0.1, 0.15) is 5.82 Å². The molecule has 0 heterocycles. The van der Waals surface area contributed by atoms with Gasteiger partial charge in [-0.1, -0.05) is 37.3 Å². The molecule has 1 amide bonds. The molecule has 0 radical (unpaired) electrons. The van der Waals surface area contributed by atoms with Gasteiger partial charge in [0.15, 0.2) is 6.10 Å². The van der Waals surface area contributed by atoms with Gasteiger partial charge in [-0.05, 0) is 52.5 Å². The van der Waals surface area contributed by atoms with Crippen molar-refractivity contribution >= 4 is 27.8 Å². The lowest BCUT2D eigenvalue weighted by Crippen LogP contribution is -2.37. The van der Waals surface area contributed by atoms with Gasteiger partial charge in [0, 0.05) is 11.0 Å². The fourth-order valence-electron chi connectivity index (χ4n) is 2.23. The number of benzene rings is 2. The molecule has 0 saturated heterocycles. The molecule has 0 bridgehead atoms. The highest BCUT2D eigenvalue weighted by atomic mass is 79.9. The molecule has 0 aliphatic carbocycles. The van der Waals surface area contributed by atoms with Crippen molar-refractivity contribution in [2.75, 3.05) is 6.54 Å².